The summed E-state index contributed by atoms with van der Waals surface area (Å²) in [6, 6.07) is 23.2. The minimum atomic E-state index is -1.17. The second-order valence-corrected chi connectivity index (χ2v) is 6.46. The lowest BCUT2D eigenvalue weighted by molar-refractivity contribution is -0.125. The standard InChI is InChI=1S/C23H17FN2O3/c24-17-10-12-18(13-11-17)25-22(27)21(15-6-2-1-3-7-15)29-23(28)20-14-16-8-4-5-9-19(16)26-20/h1-14,21,26H,(H,25,27)/t21-/m0/s1. The van der Waals surface area contributed by atoms with E-state index in [2.05, 4.69) is 10.3 Å². The molecule has 3 aromatic carbocycles. The Morgan fingerprint density at radius 3 is 2.31 bits per heavy atom. The molecule has 0 aliphatic carbocycles. The molecule has 5 nitrogen and oxygen atoms in total. The lowest BCUT2D eigenvalue weighted by Gasteiger charge is -2.18. The fourth-order valence-electron chi connectivity index (χ4n) is 3.00. The van der Waals surface area contributed by atoms with Gasteiger partial charge in [0.15, 0.2) is 0 Å². The summed E-state index contributed by atoms with van der Waals surface area (Å²) < 4.78 is 18.7. The van der Waals surface area contributed by atoms with Crippen LogP contribution < -0.4 is 5.32 Å². The van der Waals surface area contributed by atoms with Gasteiger partial charge in [-0.05, 0) is 36.4 Å². The van der Waals surface area contributed by atoms with Crippen LogP contribution in [0.25, 0.3) is 10.9 Å². The van der Waals surface area contributed by atoms with Crippen molar-refractivity contribution in [1.29, 1.82) is 0 Å². The lowest BCUT2D eigenvalue weighted by atomic mass is 10.1. The van der Waals surface area contributed by atoms with Crippen LogP contribution in [0.1, 0.15) is 22.2 Å². The molecule has 0 spiro atoms. The molecule has 4 rings (SSSR count). The Bertz CT molecular complexity index is 1120. The van der Waals surface area contributed by atoms with Gasteiger partial charge < -0.3 is 15.0 Å². The van der Waals surface area contributed by atoms with Gasteiger partial charge in [-0.25, -0.2) is 9.18 Å². The zero-order valence-electron chi connectivity index (χ0n) is 15.3. The van der Waals surface area contributed by atoms with Crippen LogP contribution in [0.3, 0.4) is 0 Å². The van der Waals surface area contributed by atoms with Gasteiger partial charge in [-0.15, -0.1) is 0 Å². The Labute approximate surface area is 166 Å². The molecule has 0 radical (unpaired) electrons. The summed E-state index contributed by atoms with van der Waals surface area (Å²) in [6.07, 6.45) is -1.17. The van der Waals surface area contributed by atoms with Gasteiger partial charge in [-0.3, -0.25) is 4.79 Å². The summed E-state index contributed by atoms with van der Waals surface area (Å²) in [7, 11) is 0. The second-order valence-electron chi connectivity index (χ2n) is 6.46. The number of H-pyrrole nitrogens is 1. The van der Waals surface area contributed by atoms with E-state index in [0.29, 0.717) is 11.3 Å². The molecule has 0 aliphatic rings. The normalized spacial score (nSPS) is 11.8. The Balaban J connectivity index is 1.59. The lowest BCUT2D eigenvalue weighted by Crippen LogP contribution is -2.26. The highest BCUT2D eigenvalue weighted by Crippen LogP contribution is 2.23. The van der Waals surface area contributed by atoms with Crippen LogP contribution in [0.15, 0.2) is 84.9 Å². The number of fused-ring (bicyclic) bond motifs is 1. The number of nitrogens with one attached hydrogen (secondary N) is 2. The monoisotopic (exact) mass is 388 g/mol. The van der Waals surface area contributed by atoms with Crippen LogP contribution in [-0.4, -0.2) is 16.9 Å². The Morgan fingerprint density at radius 2 is 1.59 bits per heavy atom. The molecule has 0 unspecified atom stereocenters. The number of hydrogen-bond acceptors (Lipinski definition) is 3. The molecule has 1 atom stereocenters. The number of aromatic nitrogens is 1. The number of anilines is 1. The third kappa shape index (κ3) is 4.16. The molecule has 2 N–H and O–H groups in total. The third-order valence-corrected chi connectivity index (χ3v) is 4.43. The number of para-hydroxylation sites is 1. The van der Waals surface area contributed by atoms with Gasteiger partial charge in [0.25, 0.3) is 5.91 Å². The molecule has 6 heteroatoms. The van der Waals surface area contributed by atoms with E-state index in [4.69, 9.17) is 4.74 Å². The molecule has 4 aromatic rings. The predicted molar refractivity (Wildman–Crippen MR) is 108 cm³/mol. The maximum Gasteiger partial charge on any atom is 0.355 e. The van der Waals surface area contributed by atoms with Crippen LogP contribution in [0, 0.1) is 5.82 Å². The maximum atomic E-state index is 13.1. The first-order valence-corrected chi connectivity index (χ1v) is 9.00. The fraction of sp³-hybridized carbons (Fsp3) is 0.0435. The summed E-state index contributed by atoms with van der Waals surface area (Å²) in [4.78, 5) is 28.6. The highest BCUT2D eigenvalue weighted by atomic mass is 19.1. The SMILES string of the molecule is O=C(O[C@H](C(=O)Nc1ccc(F)cc1)c1ccccc1)c1cc2ccccc2[nH]1. The number of carbonyl (C=O) groups excluding carboxylic acids is 2. The molecule has 1 aromatic heterocycles. The molecule has 0 fully saturated rings. The topological polar surface area (TPSA) is 71.2 Å². The molecule has 144 valence electrons. The number of benzene rings is 3. The van der Waals surface area contributed by atoms with Crippen LogP contribution in [-0.2, 0) is 9.53 Å². The summed E-state index contributed by atoms with van der Waals surface area (Å²) in [5.74, 6) is -1.59. The van der Waals surface area contributed by atoms with E-state index in [9.17, 15) is 14.0 Å². The van der Waals surface area contributed by atoms with E-state index in [0.717, 1.165) is 10.9 Å². The van der Waals surface area contributed by atoms with Gasteiger partial charge in [-0.2, -0.15) is 0 Å². The van der Waals surface area contributed by atoms with Crippen molar-refractivity contribution in [3.05, 3.63) is 102 Å². The highest BCUT2D eigenvalue weighted by Gasteiger charge is 2.26. The van der Waals surface area contributed by atoms with E-state index in [-0.39, 0.29) is 5.69 Å². The van der Waals surface area contributed by atoms with E-state index in [1.165, 1.54) is 24.3 Å². The van der Waals surface area contributed by atoms with Gasteiger partial charge in [0, 0.05) is 22.2 Å². The van der Waals surface area contributed by atoms with Crippen LogP contribution in [0.5, 0.6) is 0 Å². The van der Waals surface area contributed by atoms with Crippen molar-refractivity contribution in [3.63, 3.8) is 0 Å². The number of hydrogen-bond donors (Lipinski definition) is 2. The average molecular weight is 388 g/mol. The highest BCUT2D eigenvalue weighted by molar-refractivity contribution is 5.99. The number of esters is 1. The minimum absolute atomic E-state index is 0.252. The van der Waals surface area contributed by atoms with Crippen LogP contribution >= 0.6 is 0 Å². The largest absolute Gasteiger partial charge is 0.443 e. The maximum absolute atomic E-state index is 13.1. The van der Waals surface area contributed by atoms with Crippen molar-refractivity contribution >= 4 is 28.5 Å². The molecule has 1 amide bonds. The summed E-state index contributed by atoms with van der Waals surface area (Å²) in [5.41, 5.74) is 1.98. The first-order valence-electron chi connectivity index (χ1n) is 9.00. The summed E-state index contributed by atoms with van der Waals surface area (Å²) in [5, 5.41) is 3.53. The van der Waals surface area contributed by atoms with E-state index >= 15 is 0 Å². The van der Waals surface area contributed by atoms with Crippen LogP contribution in [0.2, 0.25) is 0 Å². The Morgan fingerprint density at radius 1 is 0.897 bits per heavy atom. The third-order valence-electron chi connectivity index (χ3n) is 4.43. The van der Waals surface area contributed by atoms with E-state index in [1.54, 1.807) is 36.4 Å². The average Bonchev–Trinajstić information content (AvgIpc) is 3.18. The zero-order chi connectivity index (χ0) is 20.2. The second kappa shape index (κ2) is 7.98. The van der Waals surface area contributed by atoms with Crippen molar-refractivity contribution < 1.29 is 18.7 Å². The van der Waals surface area contributed by atoms with Crippen molar-refractivity contribution in [2.75, 3.05) is 5.32 Å². The predicted octanol–water partition coefficient (Wildman–Crippen LogP) is 4.84. The Kier molecular flexibility index (Phi) is 5.07. The number of rotatable bonds is 5. The molecule has 0 saturated carbocycles. The fourth-order valence-corrected chi connectivity index (χ4v) is 3.00. The first-order chi connectivity index (χ1) is 14.1. The smallest absolute Gasteiger partial charge is 0.355 e. The van der Waals surface area contributed by atoms with Gasteiger partial charge in [-0.1, -0.05) is 48.5 Å². The van der Waals surface area contributed by atoms with Gasteiger partial charge in [0.2, 0.25) is 6.10 Å². The molecular formula is C23H17FN2O3. The van der Waals surface area contributed by atoms with Gasteiger partial charge in [0.1, 0.15) is 11.5 Å². The first kappa shape index (κ1) is 18.4. The number of aromatic amines is 1. The molecule has 0 aliphatic heterocycles. The molecule has 1 heterocycles. The van der Waals surface area contributed by atoms with E-state index in [1.807, 2.05) is 24.3 Å². The van der Waals surface area contributed by atoms with Gasteiger partial charge >= 0.3 is 5.97 Å². The van der Waals surface area contributed by atoms with Crippen molar-refractivity contribution in [2.24, 2.45) is 0 Å². The van der Waals surface area contributed by atoms with Crippen molar-refractivity contribution in [2.45, 2.75) is 6.10 Å². The number of carbonyl (C=O) groups is 2. The number of ether oxygens (including phenoxy) is 1. The summed E-state index contributed by atoms with van der Waals surface area (Å²) in [6.45, 7) is 0. The number of halogens is 1. The molecular weight excluding hydrogens is 371 g/mol. The van der Waals surface area contributed by atoms with Crippen molar-refractivity contribution in [3.8, 4) is 0 Å². The minimum Gasteiger partial charge on any atom is -0.443 e. The summed E-state index contributed by atoms with van der Waals surface area (Å²) >= 11 is 0. The quantitative estimate of drug-likeness (QED) is 0.481. The Hall–Kier alpha value is -3.93. The van der Waals surface area contributed by atoms with Crippen molar-refractivity contribution in [1.82, 2.24) is 4.98 Å². The number of amides is 1. The molecule has 0 bridgehead atoms. The molecule has 0 saturated heterocycles. The van der Waals surface area contributed by atoms with Crippen LogP contribution in [0.4, 0.5) is 10.1 Å². The van der Waals surface area contributed by atoms with E-state index < -0.39 is 23.8 Å². The molecule has 29 heavy (non-hydrogen) atoms. The van der Waals surface area contributed by atoms with Gasteiger partial charge in [0.05, 0.1) is 0 Å². The zero-order valence-corrected chi connectivity index (χ0v) is 15.3.